The Morgan fingerprint density at radius 2 is 2.06 bits per heavy atom. The standard InChI is InChI=1S/C12H20BNO2/c1-8(2)14-10-6-4-3-5-9(13)7-11(10)16-12(14)15/h8-11H,3-7H2,1-2H3. The van der Waals surface area contributed by atoms with Gasteiger partial charge in [0.2, 0.25) is 0 Å². The van der Waals surface area contributed by atoms with Crippen LogP contribution in [0.1, 0.15) is 46.0 Å². The van der Waals surface area contributed by atoms with Crippen molar-refractivity contribution in [3.8, 4) is 0 Å². The molecule has 2 fully saturated rings. The summed E-state index contributed by atoms with van der Waals surface area (Å²) in [4.78, 5) is 13.7. The van der Waals surface area contributed by atoms with Gasteiger partial charge in [-0.05, 0) is 26.7 Å². The number of rotatable bonds is 1. The Labute approximate surface area is 98.9 Å². The summed E-state index contributed by atoms with van der Waals surface area (Å²) in [6, 6.07) is 0.469. The van der Waals surface area contributed by atoms with Gasteiger partial charge in [-0.3, -0.25) is 4.90 Å². The Bertz CT molecular complexity index is 270. The van der Waals surface area contributed by atoms with Crippen molar-refractivity contribution in [2.45, 2.75) is 70.0 Å². The van der Waals surface area contributed by atoms with Crippen LogP contribution in [0.4, 0.5) is 4.79 Å². The molecule has 3 atom stereocenters. The zero-order valence-electron chi connectivity index (χ0n) is 10.2. The van der Waals surface area contributed by atoms with Gasteiger partial charge in [-0.25, -0.2) is 4.79 Å². The molecule has 0 aromatic carbocycles. The van der Waals surface area contributed by atoms with Gasteiger partial charge < -0.3 is 4.74 Å². The van der Waals surface area contributed by atoms with E-state index in [-0.39, 0.29) is 30.1 Å². The maximum atomic E-state index is 11.8. The van der Waals surface area contributed by atoms with Crippen molar-refractivity contribution < 1.29 is 9.53 Å². The van der Waals surface area contributed by atoms with Crippen molar-refractivity contribution in [1.29, 1.82) is 0 Å². The van der Waals surface area contributed by atoms with E-state index in [0.29, 0.717) is 0 Å². The van der Waals surface area contributed by atoms with Gasteiger partial charge in [0.25, 0.3) is 0 Å². The molecule has 1 heterocycles. The van der Waals surface area contributed by atoms with Crippen molar-refractivity contribution in [3.63, 3.8) is 0 Å². The molecule has 4 heteroatoms. The smallest absolute Gasteiger partial charge is 0.410 e. The second kappa shape index (κ2) is 4.68. The molecule has 0 aromatic rings. The van der Waals surface area contributed by atoms with Gasteiger partial charge in [0.05, 0.1) is 13.9 Å². The average Bonchev–Trinajstić information content (AvgIpc) is 2.46. The normalized spacial score (nSPS) is 35.6. The van der Waals surface area contributed by atoms with Crippen molar-refractivity contribution in [2.75, 3.05) is 0 Å². The van der Waals surface area contributed by atoms with Crippen LogP contribution in [0.15, 0.2) is 0 Å². The monoisotopic (exact) mass is 221 g/mol. The van der Waals surface area contributed by atoms with Gasteiger partial charge in [-0.1, -0.05) is 25.1 Å². The molecule has 2 aliphatic rings. The summed E-state index contributed by atoms with van der Waals surface area (Å²) < 4.78 is 5.45. The summed E-state index contributed by atoms with van der Waals surface area (Å²) in [5.41, 5.74) is 0. The predicted octanol–water partition coefficient (Wildman–Crippen LogP) is 2.51. The third-order valence-corrected chi connectivity index (χ3v) is 3.67. The first-order chi connectivity index (χ1) is 7.59. The molecule has 1 aliphatic carbocycles. The zero-order valence-corrected chi connectivity index (χ0v) is 10.2. The van der Waals surface area contributed by atoms with Gasteiger partial charge >= 0.3 is 6.09 Å². The van der Waals surface area contributed by atoms with E-state index in [9.17, 15) is 4.79 Å². The maximum Gasteiger partial charge on any atom is 0.410 e. The molecule has 3 unspecified atom stereocenters. The number of hydrogen-bond donors (Lipinski definition) is 0. The van der Waals surface area contributed by atoms with Crippen LogP contribution in [0.2, 0.25) is 5.82 Å². The van der Waals surface area contributed by atoms with E-state index < -0.39 is 0 Å². The molecule has 1 amide bonds. The molecule has 2 radical (unpaired) electrons. The summed E-state index contributed by atoms with van der Waals surface area (Å²) in [5.74, 6) is 0.188. The van der Waals surface area contributed by atoms with Crippen LogP contribution in [0.25, 0.3) is 0 Å². The lowest BCUT2D eigenvalue weighted by Gasteiger charge is -2.30. The van der Waals surface area contributed by atoms with Crippen LogP contribution in [-0.4, -0.2) is 37.0 Å². The zero-order chi connectivity index (χ0) is 11.7. The highest BCUT2D eigenvalue weighted by atomic mass is 16.6. The molecule has 2 rings (SSSR count). The van der Waals surface area contributed by atoms with Gasteiger partial charge in [-0.15, -0.1) is 0 Å². The Morgan fingerprint density at radius 1 is 1.38 bits per heavy atom. The van der Waals surface area contributed by atoms with E-state index in [1.807, 2.05) is 18.7 Å². The van der Waals surface area contributed by atoms with Crippen molar-refractivity contribution in [3.05, 3.63) is 0 Å². The third-order valence-electron chi connectivity index (χ3n) is 3.67. The quantitative estimate of drug-likeness (QED) is 0.636. The average molecular weight is 221 g/mol. The molecule has 16 heavy (non-hydrogen) atoms. The minimum atomic E-state index is -0.154. The van der Waals surface area contributed by atoms with Crippen molar-refractivity contribution in [1.82, 2.24) is 4.90 Å². The topological polar surface area (TPSA) is 29.5 Å². The maximum absolute atomic E-state index is 11.8. The number of nitrogens with zero attached hydrogens (tertiary/aromatic N) is 1. The Morgan fingerprint density at radius 3 is 2.75 bits per heavy atom. The second-order valence-electron chi connectivity index (χ2n) is 5.27. The highest BCUT2D eigenvalue weighted by Gasteiger charge is 2.43. The number of hydrogen-bond acceptors (Lipinski definition) is 2. The highest BCUT2D eigenvalue weighted by Crippen LogP contribution is 2.34. The molecule has 0 N–H and O–H groups in total. The molecule has 3 nitrogen and oxygen atoms in total. The van der Waals surface area contributed by atoms with E-state index in [1.54, 1.807) is 0 Å². The summed E-state index contributed by atoms with van der Waals surface area (Å²) in [7, 11) is 6.02. The Hall–Kier alpha value is -0.665. The Balaban J connectivity index is 2.12. The predicted molar refractivity (Wildman–Crippen MR) is 63.6 cm³/mol. The van der Waals surface area contributed by atoms with Crippen LogP contribution in [-0.2, 0) is 4.74 Å². The summed E-state index contributed by atoms with van der Waals surface area (Å²) in [6.45, 7) is 4.09. The molecule has 0 aromatic heterocycles. The molecule has 1 saturated heterocycles. The molecule has 88 valence electrons. The second-order valence-corrected chi connectivity index (χ2v) is 5.27. The first kappa shape index (κ1) is 11.8. The van der Waals surface area contributed by atoms with Gasteiger partial charge in [-0.2, -0.15) is 0 Å². The van der Waals surface area contributed by atoms with Crippen LogP contribution < -0.4 is 0 Å². The van der Waals surface area contributed by atoms with E-state index >= 15 is 0 Å². The van der Waals surface area contributed by atoms with Crippen LogP contribution in [0.3, 0.4) is 0 Å². The van der Waals surface area contributed by atoms with Crippen molar-refractivity contribution in [2.24, 2.45) is 0 Å². The van der Waals surface area contributed by atoms with Crippen LogP contribution in [0, 0.1) is 0 Å². The number of ether oxygens (including phenoxy) is 1. The molecule has 1 aliphatic heterocycles. The van der Waals surface area contributed by atoms with E-state index in [2.05, 4.69) is 0 Å². The van der Waals surface area contributed by atoms with Gasteiger partial charge in [0, 0.05) is 6.04 Å². The molecular weight excluding hydrogens is 201 g/mol. The van der Waals surface area contributed by atoms with E-state index in [1.165, 1.54) is 6.42 Å². The van der Waals surface area contributed by atoms with Crippen molar-refractivity contribution >= 4 is 13.9 Å². The molecule has 1 saturated carbocycles. The fourth-order valence-electron chi connectivity index (χ4n) is 2.88. The number of amides is 1. The minimum absolute atomic E-state index is 0.0187. The van der Waals surface area contributed by atoms with E-state index in [0.717, 1.165) is 25.7 Å². The Kier molecular flexibility index (Phi) is 3.46. The number of fused-ring (bicyclic) bond motifs is 1. The van der Waals surface area contributed by atoms with Crippen LogP contribution >= 0.6 is 0 Å². The van der Waals surface area contributed by atoms with Gasteiger partial charge in [0.1, 0.15) is 6.10 Å². The molecule has 0 bridgehead atoms. The van der Waals surface area contributed by atoms with Crippen LogP contribution in [0.5, 0.6) is 0 Å². The molecular formula is C12H20BNO2. The van der Waals surface area contributed by atoms with Gasteiger partial charge in [0.15, 0.2) is 0 Å². The summed E-state index contributed by atoms with van der Waals surface area (Å²) >= 11 is 0. The lowest BCUT2D eigenvalue weighted by molar-refractivity contribution is 0.119. The lowest BCUT2D eigenvalue weighted by Crippen LogP contribution is -2.41. The largest absolute Gasteiger partial charge is 0.444 e. The highest BCUT2D eigenvalue weighted by molar-refractivity contribution is 6.11. The SMILES string of the molecule is [B]C1CCCCC2C(C1)OC(=O)N2C(C)C. The third kappa shape index (κ3) is 2.20. The molecule has 0 spiro atoms. The first-order valence-corrected chi connectivity index (χ1v) is 6.34. The lowest BCUT2D eigenvalue weighted by atomic mass is 9.75. The summed E-state index contributed by atoms with van der Waals surface area (Å²) in [6.07, 6.45) is 5.12. The number of carbonyl (C=O) groups is 1. The fraction of sp³-hybridized carbons (Fsp3) is 0.917. The summed E-state index contributed by atoms with van der Waals surface area (Å²) in [5, 5.41) is 0. The number of carbonyl (C=O) groups excluding carboxylic acids is 1. The fourth-order valence-corrected chi connectivity index (χ4v) is 2.88. The first-order valence-electron chi connectivity index (χ1n) is 6.34. The van der Waals surface area contributed by atoms with E-state index in [4.69, 9.17) is 12.6 Å². The minimum Gasteiger partial charge on any atom is -0.444 e.